The first-order valence-corrected chi connectivity index (χ1v) is 5.86. The molecular formula is C9H17NOS. The van der Waals surface area contributed by atoms with Crippen LogP contribution in [0.25, 0.3) is 0 Å². The summed E-state index contributed by atoms with van der Waals surface area (Å²) in [5.74, 6) is 1.09. The summed E-state index contributed by atoms with van der Waals surface area (Å²) in [5, 5.41) is 12.6. The predicted molar refractivity (Wildman–Crippen MR) is 52.3 cm³/mol. The minimum atomic E-state index is 0.300. The molecule has 1 saturated heterocycles. The van der Waals surface area contributed by atoms with Crippen molar-refractivity contribution >= 4 is 11.8 Å². The highest BCUT2D eigenvalue weighted by atomic mass is 32.2. The summed E-state index contributed by atoms with van der Waals surface area (Å²) in [4.78, 5) is 0.353. The molecule has 70 valence electrons. The van der Waals surface area contributed by atoms with Gasteiger partial charge in [0.05, 0.1) is 11.5 Å². The maximum absolute atomic E-state index is 9.00. The van der Waals surface area contributed by atoms with E-state index in [0.29, 0.717) is 17.5 Å². The van der Waals surface area contributed by atoms with Crippen LogP contribution in [-0.4, -0.2) is 28.4 Å². The fourth-order valence-electron chi connectivity index (χ4n) is 2.23. The molecule has 1 atom stereocenters. The smallest absolute Gasteiger partial charge is 0.0648 e. The van der Waals surface area contributed by atoms with E-state index in [9.17, 15) is 0 Å². The molecule has 1 heterocycles. The summed E-state index contributed by atoms with van der Waals surface area (Å²) < 4.78 is 0. The molecule has 0 bridgehead atoms. The number of rotatable bonds is 1. The van der Waals surface area contributed by atoms with Gasteiger partial charge < -0.3 is 5.11 Å². The van der Waals surface area contributed by atoms with Gasteiger partial charge in [0, 0.05) is 11.8 Å². The number of aliphatic hydroxyl groups is 1. The van der Waals surface area contributed by atoms with Crippen molar-refractivity contribution < 1.29 is 5.11 Å². The predicted octanol–water partition coefficient (Wildman–Crippen LogP) is 1.34. The van der Waals surface area contributed by atoms with Crippen LogP contribution in [0, 0.1) is 0 Å². The normalized spacial score (nSPS) is 34.2. The Kier molecular flexibility index (Phi) is 2.63. The molecule has 3 heteroatoms. The molecule has 0 aromatic carbocycles. The maximum atomic E-state index is 9.00. The van der Waals surface area contributed by atoms with Crippen molar-refractivity contribution in [2.24, 2.45) is 0 Å². The summed E-state index contributed by atoms with van der Waals surface area (Å²) in [7, 11) is 0. The minimum absolute atomic E-state index is 0.300. The van der Waals surface area contributed by atoms with Crippen molar-refractivity contribution in [1.29, 1.82) is 0 Å². The summed E-state index contributed by atoms with van der Waals surface area (Å²) in [6.07, 6.45) is 6.71. The van der Waals surface area contributed by atoms with Crippen LogP contribution < -0.4 is 5.32 Å². The van der Waals surface area contributed by atoms with Gasteiger partial charge >= 0.3 is 0 Å². The fraction of sp³-hybridized carbons (Fsp3) is 1.00. The van der Waals surface area contributed by atoms with E-state index in [2.05, 4.69) is 5.32 Å². The van der Waals surface area contributed by atoms with Crippen molar-refractivity contribution in [3.63, 3.8) is 0 Å². The molecule has 1 aliphatic heterocycles. The van der Waals surface area contributed by atoms with Gasteiger partial charge in [-0.25, -0.2) is 0 Å². The SMILES string of the molecule is OC[C@@H]1CSC2(CCCCC2)N1. The zero-order chi connectivity index (χ0) is 8.44. The zero-order valence-electron chi connectivity index (χ0n) is 7.38. The van der Waals surface area contributed by atoms with Crippen molar-refractivity contribution in [3.8, 4) is 0 Å². The van der Waals surface area contributed by atoms with Crippen LogP contribution in [0.4, 0.5) is 0 Å². The Balaban J connectivity index is 1.94. The van der Waals surface area contributed by atoms with Crippen LogP contribution >= 0.6 is 11.8 Å². The van der Waals surface area contributed by atoms with Crippen molar-refractivity contribution in [2.75, 3.05) is 12.4 Å². The van der Waals surface area contributed by atoms with E-state index >= 15 is 0 Å². The van der Waals surface area contributed by atoms with Crippen molar-refractivity contribution in [1.82, 2.24) is 5.32 Å². The average molecular weight is 187 g/mol. The third kappa shape index (κ3) is 1.63. The second kappa shape index (κ2) is 3.56. The highest BCUT2D eigenvalue weighted by Crippen LogP contribution is 2.41. The Labute approximate surface area is 78.1 Å². The van der Waals surface area contributed by atoms with E-state index in [1.165, 1.54) is 32.1 Å². The lowest BCUT2D eigenvalue weighted by atomic mass is 9.94. The highest BCUT2D eigenvalue weighted by molar-refractivity contribution is 8.00. The summed E-state index contributed by atoms with van der Waals surface area (Å²) >= 11 is 2.03. The molecule has 2 fully saturated rings. The number of hydrogen-bond donors (Lipinski definition) is 2. The van der Waals surface area contributed by atoms with Crippen molar-refractivity contribution in [3.05, 3.63) is 0 Å². The van der Waals surface area contributed by atoms with Crippen LogP contribution in [0.1, 0.15) is 32.1 Å². The van der Waals surface area contributed by atoms with Crippen LogP contribution in [0.2, 0.25) is 0 Å². The van der Waals surface area contributed by atoms with E-state index < -0.39 is 0 Å². The standard InChI is InChI=1S/C9H17NOS/c11-6-8-7-12-9(10-8)4-2-1-3-5-9/h8,10-11H,1-7H2/t8-/m1/s1. The summed E-state index contributed by atoms with van der Waals surface area (Å²) in [6.45, 7) is 0.300. The van der Waals surface area contributed by atoms with Gasteiger partial charge in [0.1, 0.15) is 0 Å². The van der Waals surface area contributed by atoms with Gasteiger partial charge in [-0.15, -0.1) is 11.8 Å². The first-order chi connectivity index (χ1) is 5.85. The Bertz CT molecular complexity index is 157. The third-order valence-corrected chi connectivity index (χ3v) is 4.56. The van der Waals surface area contributed by atoms with Gasteiger partial charge in [0.25, 0.3) is 0 Å². The summed E-state index contributed by atoms with van der Waals surface area (Å²) in [5.41, 5.74) is 0. The Morgan fingerprint density at radius 1 is 1.33 bits per heavy atom. The molecule has 2 nitrogen and oxygen atoms in total. The maximum Gasteiger partial charge on any atom is 0.0648 e. The molecule has 0 unspecified atom stereocenters. The average Bonchev–Trinajstić information content (AvgIpc) is 2.50. The molecule has 0 aromatic heterocycles. The Morgan fingerprint density at radius 2 is 2.08 bits per heavy atom. The molecule has 2 rings (SSSR count). The number of aliphatic hydroxyl groups excluding tert-OH is 1. The van der Waals surface area contributed by atoms with E-state index in [1.54, 1.807) is 0 Å². The molecule has 1 aliphatic carbocycles. The second-order valence-corrected chi connectivity index (χ2v) is 5.29. The number of thioether (sulfide) groups is 1. The lowest BCUT2D eigenvalue weighted by Gasteiger charge is -2.33. The van der Waals surface area contributed by atoms with E-state index in [0.717, 1.165) is 5.75 Å². The van der Waals surface area contributed by atoms with Gasteiger partial charge in [-0.1, -0.05) is 19.3 Å². The molecule has 0 aromatic rings. The molecule has 2 N–H and O–H groups in total. The number of hydrogen-bond acceptors (Lipinski definition) is 3. The van der Waals surface area contributed by atoms with Gasteiger partial charge in [-0.2, -0.15) is 0 Å². The molecule has 1 spiro atoms. The second-order valence-electron chi connectivity index (χ2n) is 3.89. The van der Waals surface area contributed by atoms with Crippen LogP contribution in [0.5, 0.6) is 0 Å². The van der Waals surface area contributed by atoms with Gasteiger partial charge in [-0.05, 0) is 12.8 Å². The highest BCUT2D eigenvalue weighted by Gasteiger charge is 2.39. The lowest BCUT2D eigenvalue weighted by Crippen LogP contribution is -2.44. The van der Waals surface area contributed by atoms with Crippen LogP contribution in [0.3, 0.4) is 0 Å². The molecule has 0 radical (unpaired) electrons. The quantitative estimate of drug-likeness (QED) is 0.650. The Morgan fingerprint density at radius 3 is 2.67 bits per heavy atom. The van der Waals surface area contributed by atoms with E-state index in [4.69, 9.17) is 5.11 Å². The monoisotopic (exact) mass is 187 g/mol. The van der Waals surface area contributed by atoms with Gasteiger partial charge in [0.2, 0.25) is 0 Å². The van der Waals surface area contributed by atoms with Gasteiger partial charge in [0.15, 0.2) is 0 Å². The van der Waals surface area contributed by atoms with Crippen LogP contribution in [0.15, 0.2) is 0 Å². The molecule has 12 heavy (non-hydrogen) atoms. The molecule has 2 aliphatic rings. The van der Waals surface area contributed by atoms with Crippen molar-refractivity contribution in [2.45, 2.75) is 43.0 Å². The summed E-state index contributed by atoms with van der Waals surface area (Å²) in [6, 6.07) is 0.355. The topological polar surface area (TPSA) is 32.3 Å². The first kappa shape index (κ1) is 8.85. The van der Waals surface area contributed by atoms with Crippen LogP contribution in [-0.2, 0) is 0 Å². The molecule has 1 saturated carbocycles. The van der Waals surface area contributed by atoms with E-state index in [1.807, 2.05) is 11.8 Å². The first-order valence-electron chi connectivity index (χ1n) is 4.87. The van der Waals surface area contributed by atoms with Gasteiger partial charge in [-0.3, -0.25) is 5.32 Å². The molecule has 0 amide bonds. The number of nitrogens with one attached hydrogen (secondary N) is 1. The largest absolute Gasteiger partial charge is 0.395 e. The third-order valence-electron chi connectivity index (χ3n) is 2.91. The molecular weight excluding hydrogens is 170 g/mol. The van der Waals surface area contributed by atoms with E-state index in [-0.39, 0.29) is 0 Å². The lowest BCUT2D eigenvalue weighted by molar-refractivity contribution is 0.231. The fourth-order valence-corrected chi connectivity index (χ4v) is 3.76. The zero-order valence-corrected chi connectivity index (χ0v) is 8.20. The minimum Gasteiger partial charge on any atom is -0.395 e. The Hall–Kier alpha value is 0.270.